The van der Waals surface area contributed by atoms with Gasteiger partial charge in [-0.05, 0) is 19.9 Å². The predicted molar refractivity (Wildman–Crippen MR) is 63.1 cm³/mol. The molecule has 0 bridgehead atoms. The lowest BCUT2D eigenvalue weighted by Crippen LogP contribution is -2.03. The molecule has 5 nitrogen and oxygen atoms in total. The number of nitrogens with one attached hydrogen (secondary N) is 1. The highest BCUT2D eigenvalue weighted by atomic mass is 15.3. The van der Waals surface area contributed by atoms with Crippen LogP contribution in [0.25, 0.3) is 11.4 Å². The second kappa shape index (κ2) is 4.74. The molecule has 2 aromatic heterocycles. The Morgan fingerprint density at radius 1 is 1.31 bits per heavy atom. The number of aryl methyl sites for hydroxylation is 1. The van der Waals surface area contributed by atoms with Gasteiger partial charge in [-0.2, -0.15) is 5.10 Å². The van der Waals surface area contributed by atoms with E-state index in [2.05, 4.69) is 27.3 Å². The molecule has 0 saturated heterocycles. The Morgan fingerprint density at radius 3 is 2.94 bits per heavy atom. The zero-order valence-electron chi connectivity index (χ0n) is 9.51. The second-order valence-corrected chi connectivity index (χ2v) is 3.35. The van der Waals surface area contributed by atoms with Crippen molar-refractivity contribution < 1.29 is 0 Å². The SMILES string of the molecule is CCNc1cc(-c2ccnn2CC)ncn1. The number of nitrogens with zero attached hydrogens (tertiary/aromatic N) is 4. The summed E-state index contributed by atoms with van der Waals surface area (Å²) in [6.07, 6.45) is 3.36. The van der Waals surface area contributed by atoms with E-state index in [1.54, 1.807) is 12.5 Å². The molecule has 0 atom stereocenters. The Hall–Kier alpha value is -1.91. The van der Waals surface area contributed by atoms with Crippen molar-refractivity contribution in [2.24, 2.45) is 0 Å². The summed E-state index contributed by atoms with van der Waals surface area (Å²) in [6.45, 7) is 5.79. The molecule has 0 aliphatic heterocycles. The average molecular weight is 217 g/mol. The molecule has 2 heterocycles. The summed E-state index contributed by atoms with van der Waals surface area (Å²) < 4.78 is 1.91. The molecule has 2 aromatic rings. The van der Waals surface area contributed by atoms with Crippen molar-refractivity contribution >= 4 is 5.82 Å². The molecular weight excluding hydrogens is 202 g/mol. The molecule has 0 aliphatic rings. The first-order chi connectivity index (χ1) is 7.85. The number of rotatable bonds is 4. The van der Waals surface area contributed by atoms with Crippen LogP contribution in [0.1, 0.15) is 13.8 Å². The van der Waals surface area contributed by atoms with Gasteiger partial charge in [-0.3, -0.25) is 4.68 Å². The maximum absolute atomic E-state index is 4.26. The van der Waals surface area contributed by atoms with Gasteiger partial charge >= 0.3 is 0 Å². The molecule has 0 saturated carbocycles. The first-order valence-corrected chi connectivity index (χ1v) is 5.43. The lowest BCUT2D eigenvalue weighted by atomic mass is 10.3. The number of aromatic nitrogens is 4. The van der Waals surface area contributed by atoms with E-state index in [4.69, 9.17) is 0 Å². The topological polar surface area (TPSA) is 55.6 Å². The summed E-state index contributed by atoms with van der Waals surface area (Å²) in [5.74, 6) is 0.844. The molecule has 0 aromatic carbocycles. The van der Waals surface area contributed by atoms with Crippen LogP contribution in [0.15, 0.2) is 24.7 Å². The van der Waals surface area contributed by atoms with Gasteiger partial charge in [0.15, 0.2) is 0 Å². The molecular formula is C11H15N5. The van der Waals surface area contributed by atoms with Gasteiger partial charge in [0, 0.05) is 25.4 Å². The summed E-state index contributed by atoms with van der Waals surface area (Å²) in [7, 11) is 0. The van der Waals surface area contributed by atoms with Gasteiger partial charge < -0.3 is 5.32 Å². The maximum atomic E-state index is 4.26. The highest BCUT2D eigenvalue weighted by Gasteiger charge is 2.06. The third-order valence-electron chi connectivity index (χ3n) is 2.30. The Labute approximate surface area is 94.5 Å². The fourth-order valence-electron chi connectivity index (χ4n) is 1.58. The number of hydrogen-bond acceptors (Lipinski definition) is 4. The van der Waals surface area contributed by atoms with Gasteiger partial charge in [-0.15, -0.1) is 0 Å². The minimum atomic E-state index is 0.836. The zero-order valence-corrected chi connectivity index (χ0v) is 9.51. The van der Waals surface area contributed by atoms with Crippen molar-refractivity contribution in [1.29, 1.82) is 0 Å². The number of hydrogen-bond donors (Lipinski definition) is 1. The Kier molecular flexibility index (Phi) is 3.14. The van der Waals surface area contributed by atoms with Crippen molar-refractivity contribution in [3.63, 3.8) is 0 Å². The molecule has 0 radical (unpaired) electrons. The standard InChI is InChI=1S/C11H15N5/c1-3-12-11-7-9(13-8-14-11)10-5-6-15-16(10)4-2/h5-8H,3-4H2,1-2H3,(H,12,13,14). The lowest BCUT2D eigenvalue weighted by molar-refractivity contribution is 0.665. The van der Waals surface area contributed by atoms with Crippen molar-refractivity contribution in [2.75, 3.05) is 11.9 Å². The zero-order chi connectivity index (χ0) is 11.4. The first kappa shape index (κ1) is 10.6. The van der Waals surface area contributed by atoms with E-state index >= 15 is 0 Å². The van der Waals surface area contributed by atoms with E-state index < -0.39 is 0 Å². The maximum Gasteiger partial charge on any atom is 0.130 e. The molecule has 0 fully saturated rings. The highest BCUT2D eigenvalue weighted by Crippen LogP contribution is 2.17. The van der Waals surface area contributed by atoms with Gasteiger partial charge in [0.25, 0.3) is 0 Å². The summed E-state index contributed by atoms with van der Waals surface area (Å²) in [5, 5.41) is 7.39. The van der Waals surface area contributed by atoms with Crippen LogP contribution in [-0.4, -0.2) is 26.3 Å². The molecule has 0 aliphatic carbocycles. The summed E-state index contributed by atoms with van der Waals surface area (Å²) >= 11 is 0. The molecule has 2 rings (SSSR count). The van der Waals surface area contributed by atoms with Crippen LogP contribution in [0.2, 0.25) is 0 Å². The van der Waals surface area contributed by atoms with E-state index in [-0.39, 0.29) is 0 Å². The molecule has 0 unspecified atom stereocenters. The Morgan fingerprint density at radius 2 is 2.19 bits per heavy atom. The van der Waals surface area contributed by atoms with Gasteiger partial charge in [-0.25, -0.2) is 9.97 Å². The van der Waals surface area contributed by atoms with Crippen LogP contribution in [0.5, 0.6) is 0 Å². The minimum absolute atomic E-state index is 0.836. The quantitative estimate of drug-likeness (QED) is 0.848. The fourth-order valence-corrected chi connectivity index (χ4v) is 1.58. The van der Waals surface area contributed by atoms with Gasteiger partial charge in [-0.1, -0.05) is 0 Å². The normalized spacial score (nSPS) is 10.4. The van der Waals surface area contributed by atoms with Gasteiger partial charge in [0.05, 0.1) is 11.4 Å². The predicted octanol–water partition coefficient (Wildman–Crippen LogP) is 1.79. The van der Waals surface area contributed by atoms with Crippen LogP contribution in [0, 0.1) is 0 Å². The van der Waals surface area contributed by atoms with Crippen molar-refractivity contribution in [2.45, 2.75) is 20.4 Å². The van der Waals surface area contributed by atoms with Crippen molar-refractivity contribution in [3.05, 3.63) is 24.7 Å². The van der Waals surface area contributed by atoms with Gasteiger partial charge in [0.2, 0.25) is 0 Å². The molecule has 16 heavy (non-hydrogen) atoms. The van der Waals surface area contributed by atoms with E-state index in [0.29, 0.717) is 0 Å². The van der Waals surface area contributed by atoms with E-state index in [0.717, 1.165) is 30.3 Å². The molecule has 5 heteroatoms. The van der Waals surface area contributed by atoms with E-state index in [9.17, 15) is 0 Å². The van der Waals surface area contributed by atoms with E-state index in [1.807, 2.05) is 23.7 Å². The highest BCUT2D eigenvalue weighted by molar-refractivity contribution is 5.58. The van der Waals surface area contributed by atoms with Crippen LogP contribution >= 0.6 is 0 Å². The van der Waals surface area contributed by atoms with Crippen molar-refractivity contribution in [3.8, 4) is 11.4 Å². The first-order valence-electron chi connectivity index (χ1n) is 5.43. The van der Waals surface area contributed by atoms with Crippen LogP contribution in [-0.2, 0) is 6.54 Å². The third kappa shape index (κ3) is 2.03. The molecule has 0 spiro atoms. The monoisotopic (exact) mass is 217 g/mol. The van der Waals surface area contributed by atoms with E-state index in [1.165, 1.54) is 0 Å². The van der Waals surface area contributed by atoms with Crippen LogP contribution in [0.4, 0.5) is 5.82 Å². The van der Waals surface area contributed by atoms with Crippen molar-refractivity contribution in [1.82, 2.24) is 19.7 Å². The summed E-state index contributed by atoms with van der Waals surface area (Å²) in [6, 6.07) is 3.90. The largest absolute Gasteiger partial charge is 0.370 e. The molecule has 84 valence electrons. The molecule has 0 amide bonds. The molecule has 1 N–H and O–H groups in total. The smallest absolute Gasteiger partial charge is 0.130 e. The lowest BCUT2D eigenvalue weighted by Gasteiger charge is -2.06. The summed E-state index contributed by atoms with van der Waals surface area (Å²) in [5.41, 5.74) is 1.91. The summed E-state index contributed by atoms with van der Waals surface area (Å²) in [4.78, 5) is 8.40. The minimum Gasteiger partial charge on any atom is -0.370 e. The van der Waals surface area contributed by atoms with Crippen LogP contribution in [0.3, 0.4) is 0 Å². The number of anilines is 1. The Bertz CT molecular complexity index is 463. The van der Waals surface area contributed by atoms with Gasteiger partial charge in [0.1, 0.15) is 12.1 Å². The average Bonchev–Trinajstić information content (AvgIpc) is 2.78. The van der Waals surface area contributed by atoms with Crippen LogP contribution < -0.4 is 5.32 Å². The fraction of sp³-hybridized carbons (Fsp3) is 0.364. The Balaban J connectivity index is 2.36. The second-order valence-electron chi connectivity index (χ2n) is 3.35. The third-order valence-corrected chi connectivity index (χ3v) is 2.30.